The first kappa shape index (κ1) is 26.7. The molecule has 0 bridgehead atoms. The van der Waals surface area contributed by atoms with Gasteiger partial charge in [0.15, 0.2) is 0 Å². The van der Waals surface area contributed by atoms with Gasteiger partial charge >= 0.3 is 0 Å². The van der Waals surface area contributed by atoms with Gasteiger partial charge in [-0.25, -0.2) is 0 Å². The molecule has 4 fully saturated rings. The number of fused-ring (bicyclic) bond motifs is 2. The van der Waals surface area contributed by atoms with E-state index in [4.69, 9.17) is 0 Å². The van der Waals surface area contributed by atoms with E-state index in [-0.39, 0.29) is 53.2 Å². The molecule has 3 amide bonds. The predicted molar refractivity (Wildman–Crippen MR) is 158 cm³/mol. The topological polar surface area (TPSA) is 57.7 Å². The van der Waals surface area contributed by atoms with Crippen molar-refractivity contribution in [2.45, 2.75) is 52.9 Å². The summed E-state index contributed by atoms with van der Waals surface area (Å²) in [5.41, 5.74) is 4.81. The lowest BCUT2D eigenvalue weighted by Gasteiger charge is -2.24. The average molecular weight is 537 g/mol. The second kappa shape index (κ2) is 10.2. The first-order chi connectivity index (χ1) is 19.2. The summed E-state index contributed by atoms with van der Waals surface area (Å²) in [6, 6.07) is 7.79. The summed E-state index contributed by atoms with van der Waals surface area (Å²) < 4.78 is 0. The molecule has 208 valence electrons. The highest BCUT2D eigenvalue weighted by molar-refractivity contribution is 6.22. The molecule has 6 rings (SSSR count). The van der Waals surface area contributed by atoms with Crippen LogP contribution in [-0.2, 0) is 20.8 Å². The van der Waals surface area contributed by atoms with E-state index in [1.54, 1.807) is 0 Å². The van der Waals surface area contributed by atoms with E-state index in [0.29, 0.717) is 17.5 Å². The van der Waals surface area contributed by atoms with Crippen LogP contribution in [0.5, 0.6) is 0 Å². The molecule has 40 heavy (non-hydrogen) atoms. The van der Waals surface area contributed by atoms with Crippen molar-refractivity contribution < 1.29 is 14.4 Å². The van der Waals surface area contributed by atoms with Gasteiger partial charge in [0, 0.05) is 23.2 Å². The molecule has 0 aromatic heterocycles. The second-order valence-electron chi connectivity index (χ2n) is 12.6. The molecule has 2 aliphatic heterocycles. The number of nitrogens with zero attached hydrogens (tertiary/aromatic N) is 2. The number of hydrogen-bond acceptors (Lipinski definition) is 3. The molecule has 0 N–H and O–H groups in total. The zero-order chi connectivity index (χ0) is 28.3. The van der Waals surface area contributed by atoms with Crippen molar-refractivity contribution in [3.63, 3.8) is 0 Å². The van der Waals surface area contributed by atoms with Gasteiger partial charge in [0.1, 0.15) is 0 Å². The summed E-state index contributed by atoms with van der Waals surface area (Å²) in [7, 11) is 0. The number of benzene rings is 1. The van der Waals surface area contributed by atoms with Gasteiger partial charge in [0.2, 0.25) is 17.7 Å². The van der Waals surface area contributed by atoms with Gasteiger partial charge in [0.05, 0.1) is 17.5 Å². The Kier molecular flexibility index (Phi) is 6.80. The molecule has 5 nitrogen and oxygen atoms in total. The number of carbonyl (C=O) groups is 3. The number of allylic oxidation sites excluding steroid dienone is 7. The molecule has 2 saturated heterocycles. The molecule has 0 radical (unpaired) electrons. The Morgan fingerprint density at radius 2 is 1.50 bits per heavy atom. The van der Waals surface area contributed by atoms with Crippen molar-refractivity contribution in [2.24, 2.45) is 47.3 Å². The first-order valence-electron chi connectivity index (χ1n) is 14.9. The number of imide groups is 1. The Hall–Kier alpha value is -3.47. The Labute approximate surface area is 238 Å². The molecule has 0 spiro atoms. The average Bonchev–Trinajstić information content (AvgIpc) is 3.56. The van der Waals surface area contributed by atoms with Crippen LogP contribution in [0.25, 0.3) is 0 Å². The molecule has 3 aliphatic carbocycles. The Morgan fingerprint density at radius 3 is 2.20 bits per heavy atom. The fourth-order valence-electron chi connectivity index (χ4n) is 8.38. The number of rotatable bonds is 6. The minimum Gasteiger partial charge on any atom is -0.285 e. The van der Waals surface area contributed by atoms with Crippen molar-refractivity contribution in [2.75, 3.05) is 4.90 Å². The van der Waals surface area contributed by atoms with Crippen LogP contribution in [0.15, 0.2) is 84.8 Å². The zero-order valence-electron chi connectivity index (χ0n) is 23.9. The highest BCUT2D eigenvalue weighted by atomic mass is 16.2. The largest absolute Gasteiger partial charge is 0.285 e. The van der Waals surface area contributed by atoms with Crippen molar-refractivity contribution in [3.8, 4) is 0 Å². The van der Waals surface area contributed by atoms with Crippen molar-refractivity contribution in [1.29, 1.82) is 0 Å². The van der Waals surface area contributed by atoms with Gasteiger partial charge < -0.3 is 0 Å². The van der Waals surface area contributed by atoms with Crippen LogP contribution < -0.4 is 4.90 Å². The summed E-state index contributed by atoms with van der Waals surface area (Å²) in [6.07, 6.45) is 14.9. The molecule has 1 aromatic carbocycles. The van der Waals surface area contributed by atoms with Crippen LogP contribution in [0.2, 0.25) is 0 Å². The number of hydrogen-bond donors (Lipinski definition) is 0. The van der Waals surface area contributed by atoms with Crippen LogP contribution in [-0.4, -0.2) is 22.6 Å². The maximum Gasteiger partial charge on any atom is 0.238 e. The molecule has 1 aromatic rings. The Bertz CT molecular complexity index is 1370. The lowest BCUT2D eigenvalue weighted by Crippen LogP contribution is -2.33. The zero-order valence-corrected chi connectivity index (χ0v) is 23.9. The predicted octanol–water partition coefficient (Wildman–Crippen LogP) is 6.60. The maximum atomic E-state index is 13.5. The highest BCUT2D eigenvalue weighted by Crippen LogP contribution is 2.53. The van der Waals surface area contributed by atoms with E-state index in [2.05, 4.69) is 58.2 Å². The smallest absolute Gasteiger partial charge is 0.238 e. The van der Waals surface area contributed by atoms with Gasteiger partial charge in [-0.1, -0.05) is 70.2 Å². The van der Waals surface area contributed by atoms with Crippen molar-refractivity contribution in [1.82, 2.24) is 4.90 Å². The molecular formula is C35H40N2O3. The van der Waals surface area contributed by atoms with Gasteiger partial charge in [-0.15, -0.1) is 6.58 Å². The summed E-state index contributed by atoms with van der Waals surface area (Å²) in [4.78, 5) is 43.2. The minimum absolute atomic E-state index is 0.0563. The van der Waals surface area contributed by atoms with Crippen LogP contribution in [0, 0.1) is 47.3 Å². The third-order valence-corrected chi connectivity index (χ3v) is 10.3. The summed E-state index contributed by atoms with van der Waals surface area (Å²) in [5, 5.41) is 0. The molecular weight excluding hydrogens is 496 g/mol. The molecule has 8 atom stereocenters. The molecule has 2 saturated carbocycles. The van der Waals surface area contributed by atoms with Crippen molar-refractivity contribution in [3.05, 3.63) is 90.3 Å². The molecule has 5 aliphatic rings. The lowest BCUT2D eigenvalue weighted by atomic mass is 9.87. The normalized spacial score (nSPS) is 35.2. The van der Waals surface area contributed by atoms with E-state index < -0.39 is 0 Å². The van der Waals surface area contributed by atoms with E-state index in [0.717, 1.165) is 49.1 Å². The van der Waals surface area contributed by atoms with E-state index in [1.165, 1.54) is 10.5 Å². The number of amides is 3. The number of likely N-dealkylation sites (tertiary alicyclic amines) is 1. The Balaban J connectivity index is 1.13. The lowest BCUT2D eigenvalue weighted by molar-refractivity contribution is -0.129. The minimum atomic E-state index is -0.281. The van der Waals surface area contributed by atoms with Gasteiger partial charge in [-0.3, -0.25) is 24.2 Å². The SMILES string of the molecule is C=CC1CC(C)C2C(=O)N(c3ccc(CC4=CCC=C(N5C(=C)C6C(CC)CC(C)C6C5=O)C=C4)cc3)C(=O)C12. The molecule has 5 heteroatoms. The van der Waals surface area contributed by atoms with Gasteiger partial charge in [-0.2, -0.15) is 0 Å². The van der Waals surface area contributed by atoms with Crippen molar-refractivity contribution >= 4 is 23.4 Å². The highest BCUT2D eigenvalue weighted by Gasteiger charge is 2.57. The van der Waals surface area contributed by atoms with Crippen LogP contribution in [0.1, 0.15) is 52.0 Å². The summed E-state index contributed by atoms with van der Waals surface area (Å²) in [5.74, 6) is 1.02. The number of carbonyl (C=O) groups excluding carboxylic acids is 3. The van der Waals surface area contributed by atoms with Crippen LogP contribution in [0.3, 0.4) is 0 Å². The van der Waals surface area contributed by atoms with E-state index >= 15 is 0 Å². The summed E-state index contributed by atoms with van der Waals surface area (Å²) >= 11 is 0. The fraction of sp³-hybridized carbons (Fsp3) is 0.457. The Morgan fingerprint density at radius 1 is 0.850 bits per heavy atom. The van der Waals surface area contributed by atoms with E-state index in [1.807, 2.05) is 35.2 Å². The van der Waals surface area contributed by atoms with Crippen LogP contribution in [0.4, 0.5) is 5.69 Å². The third kappa shape index (κ3) is 4.08. The van der Waals surface area contributed by atoms with Gasteiger partial charge in [-0.05, 0) is 78.7 Å². The second-order valence-corrected chi connectivity index (χ2v) is 12.6. The van der Waals surface area contributed by atoms with E-state index in [9.17, 15) is 14.4 Å². The maximum absolute atomic E-state index is 13.5. The van der Waals surface area contributed by atoms with Crippen LogP contribution >= 0.6 is 0 Å². The monoisotopic (exact) mass is 536 g/mol. The third-order valence-electron chi connectivity index (χ3n) is 10.3. The quantitative estimate of drug-likeness (QED) is 0.304. The molecule has 8 unspecified atom stereocenters. The summed E-state index contributed by atoms with van der Waals surface area (Å²) in [6.45, 7) is 14.8. The number of anilines is 1. The standard InChI is InChI=1S/C35H40N2O3/c1-6-25-17-20(3)29-31(25)22(5)36(33(29)38)27-10-8-9-23(11-14-27)19-24-12-15-28(16-13-24)37-34(39)30-21(4)18-26(7-2)32(30)35(37)40/h7,9-16,20-21,25-26,29-32H,2,5-6,8,17-19H2,1,3-4H3. The van der Waals surface area contributed by atoms with Gasteiger partial charge in [0.25, 0.3) is 0 Å². The molecule has 2 heterocycles. The fourth-order valence-corrected chi connectivity index (χ4v) is 8.38. The first-order valence-corrected chi connectivity index (χ1v) is 14.9.